The molecule has 2 atom stereocenters. The van der Waals surface area contributed by atoms with Crippen LogP contribution in [-0.2, 0) is 11.2 Å². The van der Waals surface area contributed by atoms with Crippen LogP contribution in [0.2, 0.25) is 0 Å². The first kappa shape index (κ1) is 17.4. The molecule has 0 radical (unpaired) electrons. The van der Waals surface area contributed by atoms with Gasteiger partial charge in [-0.05, 0) is 60.5 Å². The quantitative estimate of drug-likeness (QED) is 0.535. The Bertz CT molecular complexity index is 1330. The maximum atomic E-state index is 13.3. The highest BCUT2D eigenvalue weighted by Gasteiger charge is 2.35. The molecule has 0 fully saturated rings. The number of carbonyl (C=O) groups is 1. The molecule has 0 spiro atoms. The van der Waals surface area contributed by atoms with Crippen molar-refractivity contribution in [2.24, 2.45) is 5.92 Å². The van der Waals surface area contributed by atoms with Gasteiger partial charge in [-0.3, -0.25) is 14.7 Å². The average molecular weight is 394 g/mol. The second-order valence-corrected chi connectivity index (χ2v) is 8.29. The van der Waals surface area contributed by atoms with E-state index in [9.17, 15) is 4.79 Å². The number of rotatable bonds is 2. The number of pyridine rings is 1. The maximum Gasteiger partial charge on any atom is 0.232 e. The molecule has 4 aromatic rings. The van der Waals surface area contributed by atoms with Gasteiger partial charge in [0.15, 0.2) is 0 Å². The van der Waals surface area contributed by atoms with E-state index in [0.29, 0.717) is 12.6 Å². The van der Waals surface area contributed by atoms with E-state index >= 15 is 0 Å². The van der Waals surface area contributed by atoms with Gasteiger partial charge in [0.1, 0.15) is 0 Å². The van der Waals surface area contributed by atoms with E-state index in [2.05, 4.69) is 57.7 Å². The molecule has 30 heavy (non-hydrogen) atoms. The Morgan fingerprint density at radius 3 is 3.00 bits per heavy atom. The number of likely N-dealkylation sites (N-methyl/N-ethyl adjacent to an activating group) is 1. The highest BCUT2D eigenvalue weighted by molar-refractivity contribution is 6.04. The van der Waals surface area contributed by atoms with Gasteiger partial charge in [-0.2, -0.15) is 0 Å². The Balaban J connectivity index is 1.38. The standard InChI is InChI=1S/C25H22N4O/c1-29-14-16(25(30)28-21-8-3-7-20-18(21)6-4-10-26-20)11-19-17-5-2-9-22-24(17)15(13-27-22)12-23(19)29/h2-11,13,16,23,27H,12,14H2,1H3,(H,28,30)/t16-,23-/m1/s1. The molecular formula is C25H22N4O. The van der Waals surface area contributed by atoms with Crippen LogP contribution in [0.5, 0.6) is 0 Å². The summed E-state index contributed by atoms with van der Waals surface area (Å²) in [7, 11) is 2.12. The van der Waals surface area contributed by atoms with Crippen LogP contribution in [-0.4, -0.2) is 40.4 Å². The normalized spacial score (nSPS) is 20.8. The molecule has 3 heterocycles. The van der Waals surface area contributed by atoms with Crippen LogP contribution in [0, 0.1) is 5.92 Å². The fourth-order valence-electron chi connectivity index (χ4n) is 5.05. The predicted octanol–water partition coefficient (Wildman–Crippen LogP) is 4.22. The lowest BCUT2D eigenvalue weighted by atomic mass is 9.80. The van der Waals surface area contributed by atoms with Crippen molar-refractivity contribution < 1.29 is 4.79 Å². The number of nitrogens with zero attached hydrogens (tertiary/aromatic N) is 2. The second-order valence-electron chi connectivity index (χ2n) is 8.29. The summed E-state index contributed by atoms with van der Waals surface area (Å²) in [5, 5.41) is 5.41. The largest absolute Gasteiger partial charge is 0.361 e. The van der Waals surface area contributed by atoms with Crippen LogP contribution in [0.3, 0.4) is 0 Å². The molecule has 5 heteroatoms. The third kappa shape index (κ3) is 2.59. The topological polar surface area (TPSA) is 61.0 Å². The Morgan fingerprint density at radius 1 is 1.17 bits per heavy atom. The molecule has 0 bridgehead atoms. The van der Waals surface area contributed by atoms with Crippen LogP contribution in [0.1, 0.15) is 11.1 Å². The highest BCUT2D eigenvalue weighted by atomic mass is 16.1. The molecule has 1 amide bonds. The maximum absolute atomic E-state index is 13.3. The minimum Gasteiger partial charge on any atom is -0.361 e. The third-order valence-corrected chi connectivity index (χ3v) is 6.51. The summed E-state index contributed by atoms with van der Waals surface area (Å²) in [6.45, 7) is 0.707. The van der Waals surface area contributed by atoms with Crippen LogP contribution in [0.4, 0.5) is 5.69 Å². The fourth-order valence-corrected chi connectivity index (χ4v) is 5.05. The number of benzene rings is 2. The number of fused-ring (bicyclic) bond motifs is 3. The summed E-state index contributed by atoms with van der Waals surface area (Å²) >= 11 is 0. The van der Waals surface area contributed by atoms with Crippen molar-refractivity contribution in [2.75, 3.05) is 18.9 Å². The fraction of sp³-hybridized carbons (Fsp3) is 0.200. The van der Waals surface area contributed by atoms with E-state index in [0.717, 1.165) is 23.0 Å². The van der Waals surface area contributed by atoms with Gasteiger partial charge in [-0.1, -0.05) is 24.3 Å². The number of aromatic amines is 1. The molecule has 2 N–H and O–H groups in total. The summed E-state index contributed by atoms with van der Waals surface area (Å²) in [5.74, 6) is -0.180. The SMILES string of the molecule is CN1C[C@H](C(=O)Nc2cccc3ncccc23)C=C2c3cccc4[nH]cc(c34)C[C@H]21. The van der Waals surface area contributed by atoms with Gasteiger partial charge in [0.25, 0.3) is 0 Å². The van der Waals surface area contributed by atoms with Crippen LogP contribution < -0.4 is 5.32 Å². The lowest BCUT2D eigenvalue weighted by molar-refractivity contribution is -0.119. The van der Waals surface area contributed by atoms with E-state index in [1.54, 1.807) is 6.20 Å². The molecule has 0 saturated carbocycles. The number of hydrogen-bond acceptors (Lipinski definition) is 3. The monoisotopic (exact) mass is 394 g/mol. The summed E-state index contributed by atoms with van der Waals surface area (Å²) in [6.07, 6.45) is 7.07. The Hall–Kier alpha value is -3.44. The smallest absolute Gasteiger partial charge is 0.232 e. The molecule has 2 aromatic carbocycles. The molecule has 1 aliphatic carbocycles. The van der Waals surface area contributed by atoms with Crippen LogP contribution >= 0.6 is 0 Å². The Kier molecular flexibility index (Phi) is 3.80. The number of nitrogens with one attached hydrogen (secondary N) is 2. The first-order chi connectivity index (χ1) is 14.7. The van der Waals surface area contributed by atoms with Crippen molar-refractivity contribution in [3.8, 4) is 0 Å². The van der Waals surface area contributed by atoms with Crippen molar-refractivity contribution in [1.29, 1.82) is 0 Å². The Labute approximate surface area is 174 Å². The van der Waals surface area contributed by atoms with Crippen molar-refractivity contribution in [3.63, 3.8) is 0 Å². The number of aromatic nitrogens is 2. The molecule has 1 aliphatic heterocycles. The Morgan fingerprint density at radius 2 is 2.07 bits per heavy atom. The first-order valence-electron chi connectivity index (χ1n) is 10.3. The molecule has 2 aromatic heterocycles. The molecule has 0 unspecified atom stereocenters. The zero-order chi connectivity index (χ0) is 20.2. The zero-order valence-electron chi connectivity index (χ0n) is 16.7. The predicted molar refractivity (Wildman–Crippen MR) is 120 cm³/mol. The zero-order valence-corrected chi connectivity index (χ0v) is 16.7. The van der Waals surface area contributed by atoms with Crippen molar-refractivity contribution in [3.05, 3.63) is 78.1 Å². The summed E-state index contributed by atoms with van der Waals surface area (Å²) in [4.78, 5) is 23.4. The first-order valence-corrected chi connectivity index (χ1v) is 10.3. The third-order valence-electron chi connectivity index (χ3n) is 6.51. The lowest BCUT2D eigenvalue weighted by Crippen LogP contribution is -2.45. The van der Waals surface area contributed by atoms with Gasteiger partial charge in [0.05, 0.1) is 17.1 Å². The van der Waals surface area contributed by atoms with Crippen molar-refractivity contribution >= 4 is 39.0 Å². The van der Waals surface area contributed by atoms with E-state index in [1.807, 2.05) is 30.3 Å². The van der Waals surface area contributed by atoms with Crippen molar-refractivity contribution in [1.82, 2.24) is 14.9 Å². The lowest BCUT2D eigenvalue weighted by Gasteiger charge is -2.39. The molecular weight excluding hydrogens is 372 g/mol. The minimum atomic E-state index is -0.205. The molecule has 0 saturated heterocycles. The van der Waals surface area contributed by atoms with E-state index in [-0.39, 0.29) is 11.8 Å². The van der Waals surface area contributed by atoms with E-state index < -0.39 is 0 Å². The summed E-state index contributed by atoms with van der Waals surface area (Å²) < 4.78 is 0. The number of amides is 1. The van der Waals surface area contributed by atoms with E-state index in [1.165, 1.54) is 27.6 Å². The summed E-state index contributed by atoms with van der Waals surface area (Å²) in [5.41, 5.74) is 6.74. The molecule has 5 nitrogen and oxygen atoms in total. The number of anilines is 1. The highest BCUT2D eigenvalue weighted by Crippen LogP contribution is 2.41. The molecule has 2 aliphatic rings. The molecule has 148 valence electrons. The van der Waals surface area contributed by atoms with Gasteiger partial charge in [0.2, 0.25) is 5.91 Å². The van der Waals surface area contributed by atoms with Crippen molar-refractivity contribution in [2.45, 2.75) is 12.5 Å². The van der Waals surface area contributed by atoms with Gasteiger partial charge in [-0.15, -0.1) is 0 Å². The summed E-state index contributed by atoms with van der Waals surface area (Å²) in [6, 6.07) is 16.4. The van der Waals surface area contributed by atoms with Gasteiger partial charge in [0, 0.05) is 41.3 Å². The van der Waals surface area contributed by atoms with Gasteiger partial charge in [-0.25, -0.2) is 0 Å². The number of carbonyl (C=O) groups excluding carboxylic acids is 1. The number of hydrogen-bond donors (Lipinski definition) is 2. The minimum absolute atomic E-state index is 0.0243. The van der Waals surface area contributed by atoms with Crippen LogP contribution in [0.15, 0.2) is 67.0 Å². The van der Waals surface area contributed by atoms with Gasteiger partial charge < -0.3 is 10.3 Å². The average Bonchev–Trinajstić information content (AvgIpc) is 3.19. The molecule has 6 rings (SSSR count). The van der Waals surface area contributed by atoms with E-state index in [4.69, 9.17) is 0 Å². The second kappa shape index (κ2) is 6.54. The van der Waals surface area contributed by atoms with Gasteiger partial charge >= 0.3 is 0 Å². The number of H-pyrrole nitrogens is 1. The van der Waals surface area contributed by atoms with Crippen LogP contribution in [0.25, 0.3) is 27.4 Å².